The lowest BCUT2D eigenvalue weighted by Gasteiger charge is -2.30. The first-order chi connectivity index (χ1) is 16.4. The van der Waals surface area contributed by atoms with Gasteiger partial charge < -0.3 is 10.0 Å². The van der Waals surface area contributed by atoms with Crippen molar-refractivity contribution < 1.29 is 9.50 Å². The lowest BCUT2D eigenvalue weighted by Crippen LogP contribution is -2.37. The zero-order chi connectivity index (χ0) is 24.2. The van der Waals surface area contributed by atoms with E-state index in [0.29, 0.717) is 5.56 Å². The van der Waals surface area contributed by atoms with Gasteiger partial charge in [-0.2, -0.15) is 0 Å². The average molecular weight is 467 g/mol. The van der Waals surface area contributed by atoms with Gasteiger partial charge in [-0.3, -0.25) is 9.91 Å². The molecule has 34 heavy (non-hydrogen) atoms. The number of likely N-dealkylation sites (N-methyl/N-ethyl adjacent to an activating group) is 2. The first-order valence-electron chi connectivity index (χ1n) is 11.7. The molecule has 1 aromatic carbocycles. The van der Waals surface area contributed by atoms with Crippen LogP contribution in [0, 0.1) is 12.7 Å². The highest BCUT2D eigenvalue weighted by atomic mass is 19.1. The molecule has 3 N–H and O–H groups in total. The average Bonchev–Trinajstić information content (AvgIpc) is 3.41. The SMILES string of the molecule is CC1=C2C=C(C3=C(c4ccc(F)c(C)c4)N(C)CC=C3)C=CN2NC1.CN1CCN(NCO)C1. The van der Waals surface area contributed by atoms with E-state index in [9.17, 15) is 4.39 Å². The number of hydrogen-bond donors (Lipinski definition) is 3. The summed E-state index contributed by atoms with van der Waals surface area (Å²) in [4.78, 5) is 4.40. The summed E-state index contributed by atoms with van der Waals surface area (Å²) >= 11 is 0. The Labute approximate surface area is 201 Å². The Morgan fingerprint density at radius 1 is 1.15 bits per heavy atom. The second-order valence-corrected chi connectivity index (χ2v) is 9.10. The molecule has 0 atom stereocenters. The number of aliphatic hydroxyl groups is 1. The molecule has 0 amide bonds. The molecule has 8 heteroatoms. The van der Waals surface area contributed by atoms with E-state index >= 15 is 0 Å². The standard InChI is InChI=1S/C21H22FN3.C5H13N3O/c1-14-11-17(6-7-19(14)22)21-18(5-4-9-24(21)3)16-8-10-25-20(12-16)15(2)13-23-25;1-7-2-3-8(5-7)6-4-9/h4-8,10-12,23H,9,13H2,1-3H3;6,9H,2-5H2,1H3. The Morgan fingerprint density at radius 3 is 2.68 bits per heavy atom. The van der Waals surface area contributed by atoms with Crippen molar-refractivity contribution in [3.63, 3.8) is 0 Å². The maximum atomic E-state index is 13.7. The van der Waals surface area contributed by atoms with Crippen molar-refractivity contribution in [3.05, 3.63) is 88.1 Å². The second kappa shape index (κ2) is 10.7. The number of rotatable bonds is 4. The molecule has 0 aromatic heterocycles. The van der Waals surface area contributed by atoms with Crippen LogP contribution in [0.5, 0.6) is 0 Å². The molecule has 182 valence electrons. The third-order valence-corrected chi connectivity index (χ3v) is 6.41. The van der Waals surface area contributed by atoms with E-state index in [1.54, 1.807) is 6.07 Å². The van der Waals surface area contributed by atoms with Crippen LogP contribution in [-0.2, 0) is 0 Å². The van der Waals surface area contributed by atoms with E-state index in [4.69, 9.17) is 5.11 Å². The van der Waals surface area contributed by atoms with Crippen LogP contribution in [0.2, 0.25) is 0 Å². The van der Waals surface area contributed by atoms with E-state index in [0.717, 1.165) is 44.1 Å². The first kappa shape index (κ1) is 24.4. The highest BCUT2D eigenvalue weighted by Gasteiger charge is 2.23. The monoisotopic (exact) mass is 466 g/mol. The van der Waals surface area contributed by atoms with Crippen molar-refractivity contribution in [1.82, 2.24) is 30.7 Å². The fraction of sp³-hybridized carbons (Fsp3) is 0.385. The van der Waals surface area contributed by atoms with Crippen LogP contribution in [-0.4, -0.2) is 78.6 Å². The number of nitrogens with zero attached hydrogens (tertiary/aromatic N) is 4. The Bertz CT molecular complexity index is 1070. The van der Waals surface area contributed by atoms with E-state index < -0.39 is 0 Å². The van der Waals surface area contributed by atoms with E-state index in [2.05, 4.69) is 77.2 Å². The van der Waals surface area contributed by atoms with E-state index in [1.807, 2.05) is 24.1 Å². The maximum Gasteiger partial charge on any atom is 0.126 e. The van der Waals surface area contributed by atoms with Gasteiger partial charge in [0, 0.05) is 45.0 Å². The van der Waals surface area contributed by atoms with Crippen LogP contribution in [0.3, 0.4) is 0 Å². The van der Waals surface area contributed by atoms with Gasteiger partial charge in [0.15, 0.2) is 0 Å². The van der Waals surface area contributed by atoms with Gasteiger partial charge in [-0.25, -0.2) is 20.3 Å². The fourth-order valence-electron chi connectivity index (χ4n) is 4.49. The lowest BCUT2D eigenvalue weighted by atomic mass is 9.93. The molecule has 0 unspecified atom stereocenters. The molecule has 5 rings (SSSR count). The van der Waals surface area contributed by atoms with Gasteiger partial charge in [0.25, 0.3) is 0 Å². The van der Waals surface area contributed by atoms with Gasteiger partial charge in [-0.1, -0.05) is 12.2 Å². The van der Waals surface area contributed by atoms with Gasteiger partial charge >= 0.3 is 0 Å². The summed E-state index contributed by atoms with van der Waals surface area (Å²) in [7, 11) is 4.14. The van der Waals surface area contributed by atoms with Crippen LogP contribution in [0.25, 0.3) is 5.70 Å². The number of hydrazine groups is 2. The predicted molar refractivity (Wildman–Crippen MR) is 134 cm³/mol. The minimum atomic E-state index is -0.162. The van der Waals surface area contributed by atoms with Crippen LogP contribution >= 0.6 is 0 Å². The smallest absolute Gasteiger partial charge is 0.126 e. The molecule has 4 heterocycles. The van der Waals surface area contributed by atoms with Crippen LogP contribution in [0.1, 0.15) is 18.1 Å². The first-order valence-corrected chi connectivity index (χ1v) is 11.7. The summed E-state index contributed by atoms with van der Waals surface area (Å²) in [6.07, 6.45) is 10.8. The minimum Gasteiger partial charge on any atom is -0.380 e. The molecule has 0 spiro atoms. The summed E-state index contributed by atoms with van der Waals surface area (Å²) in [6.45, 7) is 8.70. The molecule has 4 aliphatic rings. The van der Waals surface area contributed by atoms with Crippen molar-refractivity contribution >= 4 is 5.70 Å². The van der Waals surface area contributed by atoms with E-state index in [1.165, 1.54) is 22.4 Å². The van der Waals surface area contributed by atoms with Crippen molar-refractivity contribution in [3.8, 4) is 0 Å². The van der Waals surface area contributed by atoms with Gasteiger partial charge in [0.1, 0.15) is 12.5 Å². The molecule has 1 fully saturated rings. The fourth-order valence-corrected chi connectivity index (χ4v) is 4.49. The van der Waals surface area contributed by atoms with Crippen molar-refractivity contribution in [2.24, 2.45) is 0 Å². The maximum absolute atomic E-state index is 13.7. The summed E-state index contributed by atoms with van der Waals surface area (Å²) in [6, 6.07) is 5.36. The quantitative estimate of drug-likeness (QED) is 0.590. The van der Waals surface area contributed by atoms with Gasteiger partial charge in [-0.05, 0) is 73.5 Å². The largest absolute Gasteiger partial charge is 0.380 e. The van der Waals surface area contributed by atoms with E-state index in [-0.39, 0.29) is 12.5 Å². The lowest BCUT2D eigenvalue weighted by molar-refractivity contribution is 0.119. The number of halogens is 1. The Kier molecular flexibility index (Phi) is 7.65. The zero-order valence-corrected chi connectivity index (χ0v) is 20.5. The zero-order valence-electron chi connectivity index (χ0n) is 20.5. The Balaban J connectivity index is 0.000000257. The predicted octanol–water partition coefficient (Wildman–Crippen LogP) is 2.54. The molecule has 4 aliphatic heterocycles. The highest BCUT2D eigenvalue weighted by Crippen LogP contribution is 2.34. The summed E-state index contributed by atoms with van der Waals surface area (Å²) in [5, 5.41) is 12.5. The molecule has 1 saturated heterocycles. The molecular formula is C26H35FN6O. The van der Waals surface area contributed by atoms with Gasteiger partial charge in [0.2, 0.25) is 0 Å². The van der Waals surface area contributed by atoms with Gasteiger partial charge in [-0.15, -0.1) is 0 Å². The van der Waals surface area contributed by atoms with Gasteiger partial charge in [0.05, 0.1) is 18.1 Å². The number of allylic oxidation sites excluding steroid dienone is 5. The number of hydrogen-bond acceptors (Lipinski definition) is 7. The normalized spacial score (nSPS) is 20.7. The number of aryl methyl sites for hydroxylation is 1. The Hall–Kier alpha value is -2.75. The van der Waals surface area contributed by atoms with Crippen molar-refractivity contribution in [2.45, 2.75) is 13.8 Å². The molecule has 7 nitrogen and oxygen atoms in total. The summed E-state index contributed by atoms with van der Waals surface area (Å²) in [5.41, 5.74) is 13.9. The Morgan fingerprint density at radius 2 is 1.97 bits per heavy atom. The third kappa shape index (κ3) is 5.32. The minimum absolute atomic E-state index is 0.0356. The van der Waals surface area contributed by atoms with Crippen LogP contribution < -0.4 is 10.9 Å². The number of benzene rings is 1. The highest BCUT2D eigenvalue weighted by molar-refractivity contribution is 5.77. The van der Waals surface area contributed by atoms with Crippen molar-refractivity contribution in [1.29, 1.82) is 0 Å². The van der Waals surface area contributed by atoms with Crippen LogP contribution in [0.15, 0.2) is 71.1 Å². The number of nitrogens with one attached hydrogen (secondary N) is 2. The van der Waals surface area contributed by atoms with Crippen LogP contribution in [0.4, 0.5) is 4.39 Å². The molecule has 0 aliphatic carbocycles. The molecule has 1 aromatic rings. The molecular weight excluding hydrogens is 431 g/mol. The van der Waals surface area contributed by atoms with Crippen molar-refractivity contribution in [2.75, 3.05) is 53.7 Å². The summed E-state index contributed by atoms with van der Waals surface area (Å²) < 4.78 is 13.7. The molecule has 0 radical (unpaired) electrons. The number of fused-ring (bicyclic) bond motifs is 1. The second-order valence-electron chi connectivity index (χ2n) is 9.10. The molecule has 0 bridgehead atoms. The molecule has 0 saturated carbocycles. The number of aliphatic hydroxyl groups excluding tert-OH is 1. The third-order valence-electron chi connectivity index (χ3n) is 6.41. The topological polar surface area (TPSA) is 57.2 Å². The summed E-state index contributed by atoms with van der Waals surface area (Å²) in [5.74, 6) is -0.162.